The van der Waals surface area contributed by atoms with Gasteiger partial charge in [0, 0.05) is 7.26 Å². The summed E-state index contributed by atoms with van der Waals surface area (Å²) < 4.78 is 0. The Labute approximate surface area is 67.7 Å². The molecular formula is C4H10Cl3P. The molecule has 0 aliphatic carbocycles. The average molecular weight is 195 g/mol. The summed E-state index contributed by atoms with van der Waals surface area (Å²) in [6.07, 6.45) is 0. The first-order valence-corrected chi connectivity index (χ1v) is 6.18. The monoisotopic (exact) mass is 194 g/mol. The van der Waals surface area contributed by atoms with Crippen LogP contribution in [-0.4, -0.2) is 24.6 Å². The molecule has 0 rings (SSSR count). The molecule has 0 aromatic rings. The Bertz CT molecular complexity index is 49.2. The van der Waals surface area contributed by atoms with Gasteiger partial charge in [0.2, 0.25) is 0 Å². The standard InChI is InChI=1S/C4H10Cl2P.ClH/c1-7(2,3-5)4-6;/h3-4H2,1-2H3;1H/q+1;/p-1. The summed E-state index contributed by atoms with van der Waals surface area (Å²) in [4.78, 5) is 0. The molecule has 0 aromatic carbocycles. The lowest BCUT2D eigenvalue weighted by molar-refractivity contribution is -0.00000162. The molecule has 0 amide bonds. The SMILES string of the molecule is C[P+](C)(CCl)CCl.[Cl-]. The Morgan fingerprint density at radius 1 is 1.12 bits per heavy atom. The molecule has 0 nitrogen and oxygen atoms in total. The molecule has 0 heterocycles. The highest BCUT2D eigenvalue weighted by Crippen LogP contribution is 2.52. The molecule has 0 saturated heterocycles. The van der Waals surface area contributed by atoms with E-state index in [9.17, 15) is 0 Å². The molecule has 0 fully saturated rings. The van der Waals surface area contributed by atoms with Crippen LogP contribution in [0, 0.1) is 0 Å². The second kappa shape index (κ2) is 5.11. The van der Waals surface area contributed by atoms with Crippen molar-refractivity contribution < 1.29 is 12.4 Å². The van der Waals surface area contributed by atoms with Crippen LogP contribution >= 0.6 is 30.5 Å². The summed E-state index contributed by atoms with van der Waals surface area (Å²) in [5.41, 5.74) is 1.49. The van der Waals surface area contributed by atoms with Crippen molar-refractivity contribution in [2.75, 3.05) is 24.6 Å². The lowest BCUT2D eigenvalue weighted by atomic mass is 11.8. The van der Waals surface area contributed by atoms with E-state index in [-0.39, 0.29) is 12.4 Å². The van der Waals surface area contributed by atoms with Gasteiger partial charge in [0.1, 0.15) is 11.2 Å². The molecule has 4 heteroatoms. The first-order valence-electron chi connectivity index (χ1n) is 2.06. The van der Waals surface area contributed by atoms with Crippen molar-refractivity contribution in [1.29, 1.82) is 0 Å². The van der Waals surface area contributed by atoms with Crippen molar-refractivity contribution in [2.24, 2.45) is 0 Å². The molecule has 0 bridgehead atoms. The molecule has 8 heavy (non-hydrogen) atoms. The van der Waals surface area contributed by atoms with Crippen LogP contribution in [0.25, 0.3) is 0 Å². The highest BCUT2D eigenvalue weighted by molar-refractivity contribution is 7.77. The van der Waals surface area contributed by atoms with Gasteiger partial charge >= 0.3 is 0 Å². The van der Waals surface area contributed by atoms with Gasteiger partial charge in [0.25, 0.3) is 0 Å². The molecule has 0 atom stereocenters. The van der Waals surface area contributed by atoms with Gasteiger partial charge in [0.15, 0.2) is 0 Å². The molecule has 0 saturated carbocycles. The molecule has 0 radical (unpaired) electrons. The summed E-state index contributed by atoms with van der Waals surface area (Å²) in [6, 6.07) is 0. The summed E-state index contributed by atoms with van der Waals surface area (Å²) in [5.74, 6) is 0. The van der Waals surface area contributed by atoms with Crippen LogP contribution in [0.15, 0.2) is 0 Å². The Hall–Kier alpha value is 1.30. The minimum atomic E-state index is -0.873. The topological polar surface area (TPSA) is 0 Å². The molecule has 0 aromatic heterocycles. The van der Waals surface area contributed by atoms with E-state index >= 15 is 0 Å². The number of rotatable bonds is 2. The fourth-order valence-corrected chi connectivity index (χ4v) is 0.862. The minimum Gasteiger partial charge on any atom is -1.00 e. The van der Waals surface area contributed by atoms with E-state index in [4.69, 9.17) is 23.2 Å². The summed E-state index contributed by atoms with van der Waals surface area (Å²) in [6.45, 7) is 4.29. The molecule has 0 aliphatic rings. The van der Waals surface area contributed by atoms with E-state index in [2.05, 4.69) is 13.3 Å². The Balaban J connectivity index is 0. The minimum absolute atomic E-state index is 0. The van der Waals surface area contributed by atoms with Gasteiger partial charge in [-0.05, 0) is 0 Å². The predicted molar refractivity (Wildman–Crippen MR) is 40.2 cm³/mol. The summed E-state index contributed by atoms with van der Waals surface area (Å²) in [7, 11) is -0.873. The van der Waals surface area contributed by atoms with Crippen LogP contribution in [-0.2, 0) is 0 Å². The van der Waals surface area contributed by atoms with Crippen LogP contribution in [0.2, 0.25) is 0 Å². The van der Waals surface area contributed by atoms with E-state index < -0.39 is 7.26 Å². The van der Waals surface area contributed by atoms with Gasteiger partial charge in [-0.1, -0.05) is 23.2 Å². The van der Waals surface area contributed by atoms with Gasteiger partial charge in [-0.2, -0.15) is 0 Å². The van der Waals surface area contributed by atoms with Crippen LogP contribution in [0.5, 0.6) is 0 Å². The van der Waals surface area contributed by atoms with Gasteiger partial charge in [-0.15, -0.1) is 0 Å². The fourth-order valence-electron chi connectivity index (χ4n) is 0.0319. The fraction of sp³-hybridized carbons (Fsp3) is 1.00. The quantitative estimate of drug-likeness (QED) is 0.418. The zero-order valence-corrected chi connectivity index (χ0v) is 8.16. The Morgan fingerprint density at radius 3 is 1.38 bits per heavy atom. The molecule has 0 aliphatic heterocycles. The third kappa shape index (κ3) is 5.44. The summed E-state index contributed by atoms with van der Waals surface area (Å²) >= 11 is 11.1. The second-order valence-electron chi connectivity index (χ2n) is 2.17. The van der Waals surface area contributed by atoms with E-state index in [0.717, 1.165) is 11.2 Å². The maximum Gasteiger partial charge on any atom is 0.133 e. The normalized spacial score (nSPS) is 10.5. The van der Waals surface area contributed by atoms with Crippen LogP contribution in [0.4, 0.5) is 0 Å². The lowest BCUT2D eigenvalue weighted by Gasteiger charge is -2.07. The Morgan fingerprint density at radius 2 is 1.38 bits per heavy atom. The largest absolute Gasteiger partial charge is 1.00 e. The van der Waals surface area contributed by atoms with E-state index in [1.165, 1.54) is 0 Å². The summed E-state index contributed by atoms with van der Waals surface area (Å²) in [5, 5.41) is 0. The van der Waals surface area contributed by atoms with Crippen molar-refractivity contribution in [2.45, 2.75) is 0 Å². The average Bonchev–Trinajstić information content (AvgIpc) is 1.68. The number of halogens is 3. The predicted octanol–water partition coefficient (Wildman–Crippen LogP) is -0.340. The second-order valence-corrected chi connectivity index (χ2v) is 7.96. The molecule has 52 valence electrons. The van der Waals surface area contributed by atoms with Gasteiger partial charge in [-0.3, -0.25) is 0 Å². The van der Waals surface area contributed by atoms with Crippen molar-refractivity contribution in [3.8, 4) is 0 Å². The van der Waals surface area contributed by atoms with Gasteiger partial charge < -0.3 is 12.4 Å². The van der Waals surface area contributed by atoms with Gasteiger partial charge in [0.05, 0.1) is 13.3 Å². The van der Waals surface area contributed by atoms with Crippen LogP contribution in [0.3, 0.4) is 0 Å². The third-order valence-corrected chi connectivity index (χ3v) is 5.82. The highest BCUT2D eigenvalue weighted by atomic mass is 35.5. The highest BCUT2D eigenvalue weighted by Gasteiger charge is 2.20. The number of hydrogen-bond donors (Lipinski definition) is 0. The smallest absolute Gasteiger partial charge is 0.133 e. The lowest BCUT2D eigenvalue weighted by Crippen LogP contribution is -3.00. The van der Waals surface area contributed by atoms with Gasteiger partial charge in [-0.25, -0.2) is 0 Å². The van der Waals surface area contributed by atoms with Crippen molar-refractivity contribution in [3.05, 3.63) is 0 Å². The van der Waals surface area contributed by atoms with E-state index in [0.29, 0.717) is 0 Å². The molecular weight excluding hydrogens is 185 g/mol. The molecule has 0 N–H and O–H groups in total. The van der Waals surface area contributed by atoms with E-state index in [1.54, 1.807) is 0 Å². The molecule has 0 unspecified atom stereocenters. The van der Waals surface area contributed by atoms with E-state index in [1.807, 2.05) is 0 Å². The zero-order valence-electron chi connectivity index (χ0n) is 5.00. The first-order chi connectivity index (χ1) is 3.12. The third-order valence-electron chi connectivity index (χ3n) is 0.647. The van der Waals surface area contributed by atoms with Crippen molar-refractivity contribution in [1.82, 2.24) is 0 Å². The Kier molecular flexibility index (Phi) is 7.69. The molecule has 0 spiro atoms. The maximum atomic E-state index is 5.56. The van der Waals surface area contributed by atoms with Crippen molar-refractivity contribution in [3.63, 3.8) is 0 Å². The first kappa shape index (κ1) is 12.0. The van der Waals surface area contributed by atoms with Crippen LogP contribution in [0.1, 0.15) is 0 Å². The number of alkyl halides is 2. The van der Waals surface area contributed by atoms with Crippen LogP contribution < -0.4 is 12.4 Å². The maximum absolute atomic E-state index is 5.56. The number of hydrogen-bond acceptors (Lipinski definition) is 0. The van der Waals surface area contributed by atoms with Crippen molar-refractivity contribution >= 4 is 30.5 Å². The zero-order chi connectivity index (χ0) is 5.91.